The van der Waals surface area contributed by atoms with Crippen LogP contribution in [0.15, 0.2) is 0 Å². The van der Waals surface area contributed by atoms with E-state index in [1.807, 2.05) is 0 Å². The highest BCUT2D eigenvalue weighted by Crippen LogP contribution is 2.17. The highest BCUT2D eigenvalue weighted by atomic mass is 19.4. The fourth-order valence-electron chi connectivity index (χ4n) is 1.72. The van der Waals surface area contributed by atoms with Crippen LogP contribution >= 0.6 is 0 Å². The molecule has 0 unspecified atom stereocenters. The maximum atomic E-state index is 12.1. The first kappa shape index (κ1) is 12.7. The van der Waals surface area contributed by atoms with Crippen molar-refractivity contribution >= 4 is 0 Å². The van der Waals surface area contributed by atoms with Gasteiger partial charge in [-0.05, 0) is 6.42 Å². The second-order valence-corrected chi connectivity index (χ2v) is 3.81. The van der Waals surface area contributed by atoms with Crippen molar-refractivity contribution in [1.82, 2.24) is 9.80 Å². The Kier molecular flexibility index (Phi) is 4.82. The van der Waals surface area contributed by atoms with Crippen LogP contribution in [0.4, 0.5) is 13.2 Å². The summed E-state index contributed by atoms with van der Waals surface area (Å²) in [6.45, 7) is 2.36. The van der Waals surface area contributed by atoms with Gasteiger partial charge < -0.3 is 10.0 Å². The van der Waals surface area contributed by atoms with Gasteiger partial charge >= 0.3 is 6.18 Å². The molecule has 0 atom stereocenters. The van der Waals surface area contributed by atoms with Gasteiger partial charge in [0, 0.05) is 39.3 Å². The van der Waals surface area contributed by atoms with E-state index in [-0.39, 0.29) is 6.61 Å². The van der Waals surface area contributed by atoms with E-state index in [2.05, 4.69) is 4.90 Å². The standard InChI is InChI=1S/C9H17F3N2O/c10-9(11,12)8-14-5-3-13(4-6-14)2-1-7-15/h15H,1-8H2. The van der Waals surface area contributed by atoms with Gasteiger partial charge in [-0.3, -0.25) is 4.90 Å². The van der Waals surface area contributed by atoms with Gasteiger partial charge in [-0.2, -0.15) is 13.2 Å². The maximum absolute atomic E-state index is 12.1. The molecule has 1 N–H and O–H groups in total. The van der Waals surface area contributed by atoms with Crippen LogP contribution in [-0.4, -0.2) is 67.0 Å². The Morgan fingerprint density at radius 1 is 1.00 bits per heavy atom. The summed E-state index contributed by atoms with van der Waals surface area (Å²) >= 11 is 0. The molecule has 3 nitrogen and oxygen atoms in total. The van der Waals surface area contributed by atoms with Gasteiger partial charge in [0.25, 0.3) is 0 Å². The largest absolute Gasteiger partial charge is 0.401 e. The Labute approximate surface area is 87.5 Å². The number of aliphatic hydroxyl groups is 1. The Morgan fingerprint density at radius 2 is 1.53 bits per heavy atom. The molecule has 1 aliphatic rings. The molecule has 15 heavy (non-hydrogen) atoms. The van der Waals surface area contributed by atoms with Crippen LogP contribution < -0.4 is 0 Å². The van der Waals surface area contributed by atoms with Crippen LogP contribution in [0.3, 0.4) is 0 Å². The number of aliphatic hydroxyl groups excluding tert-OH is 1. The Balaban J connectivity index is 2.18. The summed E-state index contributed by atoms with van der Waals surface area (Å²) in [5.74, 6) is 0. The number of rotatable bonds is 4. The average molecular weight is 226 g/mol. The summed E-state index contributed by atoms with van der Waals surface area (Å²) in [4.78, 5) is 3.51. The van der Waals surface area contributed by atoms with Crippen molar-refractivity contribution in [2.24, 2.45) is 0 Å². The van der Waals surface area contributed by atoms with Crippen LogP contribution in [0.25, 0.3) is 0 Å². The van der Waals surface area contributed by atoms with Crippen molar-refractivity contribution in [3.05, 3.63) is 0 Å². The van der Waals surface area contributed by atoms with Crippen LogP contribution in [0, 0.1) is 0 Å². The van der Waals surface area contributed by atoms with E-state index in [9.17, 15) is 13.2 Å². The van der Waals surface area contributed by atoms with Crippen molar-refractivity contribution in [1.29, 1.82) is 0 Å². The van der Waals surface area contributed by atoms with E-state index in [0.717, 1.165) is 6.54 Å². The van der Waals surface area contributed by atoms with Crippen molar-refractivity contribution in [3.8, 4) is 0 Å². The monoisotopic (exact) mass is 226 g/mol. The third kappa shape index (κ3) is 5.34. The number of halogens is 3. The molecule has 1 saturated heterocycles. The lowest BCUT2D eigenvalue weighted by molar-refractivity contribution is -0.149. The molecule has 0 aromatic heterocycles. The molecule has 6 heteroatoms. The van der Waals surface area contributed by atoms with E-state index in [1.165, 1.54) is 4.90 Å². The summed E-state index contributed by atoms with van der Waals surface area (Å²) in [5, 5.41) is 8.62. The molecule has 0 radical (unpaired) electrons. The lowest BCUT2D eigenvalue weighted by Gasteiger charge is -2.34. The Bertz CT molecular complexity index is 179. The fraction of sp³-hybridized carbons (Fsp3) is 1.00. The van der Waals surface area contributed by atoms with E-state index in [4.69, 9.17) is 5.11 Å². The first-order valence-corrected chi connectivity index (χ1v) is 5.13. The van der Waals surface area contributed by atoms with E-state index in [0.29, 0.717) is 32.6 Å². The third-order valence-corrected chi connectivity index (χ3v) is 2.50. The smallest absolute Gasteiger partial charge is 0.396 e. The Hall–Kier alpha value is -0.330. The van der Waals surface area contributed by atoms with Crippen LogP contribution in [-0.2, 0) is 0 Å². The number of hydrogen-bond acceptors (Lipinski definition) is 3. The zero-order chi connectivity index (χ0) is 11.3. The minimum atomic E-state index is -4.09. The normalized spacial score (nSPS) is 20.8. The number of alkyl halides is 3. The average Bonchev–Trinajstić information content (AvgIpc) is 2.14. The molecule has 90 valence electrons. The van der Waals surface area contributed by atoms with E-state index < -0.39 is 12.7 Å². The van der Waals surface area contributed by atoms with Crippen molar-refractivity contribution in [2.75, 3.05) is 45.9 Å². The second kappa shape index (κ2) is 5.67. The molecule has 0 saturated carbocycles. The van der Waals surface area contributed by atoms with E-state index in [1.54, 1.807) is 0 Å². The molecule has 0 aromatic rings. The van der Waals surface area contributed by atoms with Gasteiger partial charge in [0.2, 0.25) is 0 Å². The molecule has 0 spiro atoms. The topological polar surface area (TPSA) is 26.7 Å². The molecule has 1 aliphatic heterocycles. The summed E-state index contributed by atoms with van der Waals surface area (Å²) in [6, 6.07) is 0. The van der Waals surface area contributed by atoms with Gasteiger partial charge in [-0.1, -0.05) is 0 Å². The highest BCUT2D eigenvalue weighted by molar-refractivity contribution is 4.73. The predicted octanol–water partition coefficient (Wildman–Crippen LogP) is 0.549. The maximum Gasteiger partial charge on any atom is 0.401 e. The summed E-state index contributed by atoms with van der Waals surface area (Å²) in [5.41, 5.74) is 0. The van der Waals surface area contributed by atoms with Gasteiger partial charge in [0.1, 0.15) is 0 Å². The minimum Gasteiger partial charge on any atom is -0.396 e. The molecule has 0 aromatic carbocycles. The van der Waals surface area contributed by atoms with Gasteiger partial charge in [-0.15, -0.1) is 0 Å². The SMILES string of the molecule is OCCCN1CCN(CC(F)(F)F)CC1. The molecule has 0 amide bonds. The number of piperazine rings is 1. The molecule has 1 fully saturated rings. The highest BCUT2D eigenvalue weighted by Gasteiger charge is 2.31. The molecular formula is C9H17F3N2O. The van der Waals surface area contributed by atoms with Gasteiger partial charge in [0.05, 0.1) is 6.54 Å². The molecule has 0 bridgehead atoms. The third-order valence-electron chi connectivity index (χ3n) is 2.50. The van der Waals surface area contributed by atoms with Crippen molar-refractivity contribution in [3.63, 3.8) is 0 Å². The molecule has 1 heterocycles. The molecule has 1 rings (SSSR count). The predicted molar refractivity (Wildman–Crippen MR) is 50.6 cm³/mol. The minimum absolute atomic E-state index is 0.142. The van der Waals surface area contributed by atoms with Crippen LogP contribution in [0.2, 0.25) is 0 Å². The van der Waals surface area contributed by atoms with Crippen molar-refractivity contribution in [2.45, 2.75) is 12.6 Å². The second-order valence-electron chi connectivity index (χ2n) is 3.81. The quantitative estimate of drug-likeness (QED) is 0.758. The summed E-state index contributed by atoms with van der Waals surface area (Å²) < 4.78 is 36.2. The lowest BCUT2D eigenvalue weighted by Crippen LogP contribution is -2.49. The zero-order valence-corrected chi connectivity index (χ0v) is 8.63. The molecular weight excluding hydrogens is 209 g/mol. The summed E-state index contributed by atoms with van der Waals surface area (Å²) in [6.07, 6.45) is -3.40. The first-order chi connectivity index (χ1) is 7.01. The van der Waals surface area contributed by atoms with Crippen LogP contribution in [0.5, 0.6) is 0 Å². The lowest BCUT2D eigenvalue weighted by atomic mass is 10.3. The Morgan fingerprint density at radius 3 is 2.00 bits per heavy atom. The van der Waals surface area contributed by atoms with Crippen LogP contribution in [0.1, 0.15) is 6.42 Å². The number of nitrogens with zero attached hydrogens (tertiary/aromatic N) is 2. The van der Waals surface area contributed by atoms with Gasteiger partial charge in [-0.25, -0.2) is 0 Å². The molecule has 0 aliphatic carbocycles. The van der Waals surface area contributed by atoms with Gasteiger partial charge in [0.15, 0.2) is 0 Å². The summed E-state index contributed by atoms with van der Waals surface area (Å²) in [7, 11) is 0. The first-order valence-electron chi connectivity index (χ1n) is 5.13. The number of hydrogen-bond donors (Lipinski definition) is 1. The zero-order valence-electron chi connectivity index (χ0n) is 8.63. The van der Waals surface area contributed by atoms with Crippen molar-refractivity contribution < 1.29 is 18.3 Å². The fourth-order valence-corrected chi connectivity index (χ4v) is 1.72. The van der Waals surface area contributed by atoms with E-state index >= 15 is 0 Å².